The molecule has 0 saturated carbocycles. The van der Waals surface area contributed by atoms with E-state index in [1.807, 2.05) is 0 Å². The van der Waals surface area contributed by atoms with Gasteiger partial charge in [0.2, 0.25) is 5.91 Å². The van der Waals surface area contributed by atoms with E-state index >= 15 is 0 Å². The zero-order valence-electron chi connectivity index (χ0n) is 11.4. The molecule has 21 heavy (non-hydrogen) atoms. The van der Waals surface area contributed by atoms with Crippen molar-refractivity contribution < 1.29 is 31.6 Å². The molecule has 2 bridgehead atoms. The summed E-state index contributed by atoms with van der Waals surface area (Å²) in [5.74, 6) is -0.811. The van der Waals surface area contributed by atoms with Crippen LogP contribution >= 0.6 is 0 Å². The summed E-state index contributed by atoms with van der Waals surface area (Å²) in [6.07, 6.45) is 1.42. The molecule has 0 unspecified atom stereocenters. The summed E-state index contributed by atoms with van der Waals surface area (Å²) in [7, 11) is -3.48. The molecule has 0 aromatic carbocycles. The van der Waals surface area contributed by atoms with Crippen LogP contribution in [0.2, 0.25) is 0 Å². The number of methoxy groups -OCH3 is 1. The first kappa shape index (κ1) is 18.4. The van der Waals surface area contributed by atoms with Crippen molar-refractivity contribution in [1.29, 1.82) is 0 Å². The van der Waals surface area contributed by atoms with Crippen LogP contribution in [-0.2, 0) is 24.2 Å². The Balaban J connectivity index is 0.00000220. The third kappa shape index (κ3) is 3.74. The summed E-state index contributed by atoms with van der Waals surface area (Å²) in [5, 5.41) is 0.418. The Morgan fingerprint density at radius 1 is 1.57 bits per heavy atom. The second-order valence-corrected chi connectivity index (χ2v) is 5.29. The molecule has 3 N–H and O–H groups in total. The molecule has 2 heterocycles. The third-order valence-electron chi connectivity index (χ3n) is 3.01. The first-order valence-electron chi connectivity index (χ1n) is 5.52. The molecular formula is C9H13N3NaO7S. The fourth-order valence-corrected chi connectivity index (χ4v) is 2.62. The number of rotatable bonds is 5. The molecule has 2 aliphatic rings. The average molecular weight is 330 g/mol. The van der Waals surface area contributed by atoms with Gasteiger partial charge in [0.25, 0.3) is 0 Å². The van der Waals surface area contributed by atoms with Crippen molar-refractivity contribution in [1.82, 2.24) is 9.96 Å². The van der Waals surface area contributed by atoms with Crippen LogP contribution in [0.5, 0.6) is 0 Å². The Labute approximate surface area is 143 Å². The van der Waals surface area contributed by atoms with E-state index in [0.29, 0.717) is 5.06 Å². The largest absolute Gasteiger partial charge is 0.418 e. The number of amides is 3. The number of urea groups is 1. The van der Waals surface area contributed by atoms with Gasteiger partial charge in [0, 0.05) is 42.2 Å². The summed E-state index contributed by atoms with van der Waals surface area (Å²) in [6.45, 7) is 0.117. The van der Waals surface area contributed by atoms with Crippen molar-refractivity contribution in [2.24, 2.45) is 5.73 Å². The summed E-state index contributed by atoms with van der Waals surface area (Å²) < 4.78 is 39.4. The van der Waals surface area contributed by atoms with Gasteiger partial charge in [-0.3, -0.25) is 9.35 Å². The molecule has 3 amide bonds. The molecule has 2 aliphatic heterocycles. The van der Waals surface area contributed by atoms with Crippen molar-refractivity contribution in [2.45, 2.75) is 12.1 Å². The molecule has 113 valence electrons. The van der Waals surface area contributed by atoms with Crippen molar-refractivity contribution in [3.05, 3.63) is 11.6 Å². The second kappa shape index (κ2) is 6.60. The van der Waals surface area contributed by atoms with Crippen LogP contribution < -0.4 is 5.73 Å². The molecule has 0 aromatic heterocycles. The van der Waals surface area contributed by atoms with E-state index in [1.54, 1.807) is 0 Å². The predicted molar refractivity (Wildman–Crippen MR) is 69.1 cm³/mol. The van der Waals surface area contributed by atoms with Gasteiger partial charge in [0.05, 0.1) is 19.2 Å². The first-order chi connectivity index (χ1) is 9.24. The molecule has 2 rings (SSSR count). The number of hydrogen-bond donors (Lipinski definition) is 2. The molecule has 2 atom stereocenters. The normalized spacial score (nSPS) is 24.7. The standard InChI is InChI=1S/C9H13N3O7S.Na/c1-18-4-5-2-6(8(10)13)7-3-11(5)9(14)12(7)19-20(15,16)17;/h2,5,7H,3-4H2,1H3,(H2,10,13)(H,15,16,17);/t5-,7-;/m0./s1. The van der Waals surface area contributed by atoms with Gasteiger partial charge in [-0.2, -0.15) is 13.5 Å². The third-order valence-corrected chi connectivity index (χ3v) is 3.36. The van der Waals surface area contributed by atoms with E-state index in [4.69, 9.17) is 15.0 Å². The molecule has 1 radical (unpaired) electrons. The number of nitrogens with zero attached hydrogens (tertiary/aromatic N) is 2. The van der Waals surface area contributed by atoms with Gasteiger partial charge >= 0.3 is 16.4 Å². The van der Waals surface area contributed by atoms with Crippen LogP contribution in [0.15, 0.2) is 11.6 Å². The van der Waals surface area contributed by atoms with Crippen LogP contribution in [0, 0.1) is 0 Å². The van der Waals surface area contributed by atoms with Crippen molar-refractivity contribution in [3.63, 3.8) is 0 Å². The Bertz CT molecular complexity index is 578. The monoisotopic (exact) mass is 330 g/mol. The van der Waals surface area contributed by atoms with Crippen LogP contribution in [0.25, 0.3) is 0 Å². The number of carbonyl (C=O) groups is 2. The van der Waals surface area contributed by atoms with Gasteiger partial charge in [-0.1, -0.05) is 0 Å². The van der Waals surface area contributed by atoms with E-state index in [9.17, 15) is 18.0 Å². The van der Waals surface area contributed by atoms with Gasteiger partial charge in [0.1, 0.15) is 6.04 Å². The summed E-state index contributed by atoms with van der Waals surface area (Å²) in [6, 6.07) is -2.36. The number of hydrogen-bond acceptors (Lipinski definition) is 6. The number of nitrogens with two attached hydrogens (primary N) is 1. The number of fused-ring (bicyclic) bond motifs is 2. The number of hydroxylamine groups is 2. The fraction of sp³-hybridized carbons (Fsp3) is 0.556. The van der Waals surface area contributed by atoms with E-state index in [0.717, 1.165) is 0 Å². The summed E-state index contributed by atoms with van der Waals surface area (Å²) in [4.78, 5) is 24.7. The van der Waals surface area contributed by atoms with E-state index < -0.39 is 34.4 Å². The molecule has 0 spiro atoms. The Kier molecular flexibility index (Phi) is 5.77. The zero-order chi connectivity index (χ0) is 15.1. The van der Waals surface area contributed by atoms with E-state index in [2.05, 4.69) is 4.28 Å². The van der Waals surface area contributed by atoms with Gasteiger partial charge in [-0.25, -0.2) is 4.79 Å². The number of primary amides is 1. The van der Waals surface area contributed by atoms with Crippen molar-refractivity contribution in [3.8, 4) is 0 Å². The maximum absolute atomic E-state index is 12.0. The van der Waals surface area contributed by atoms with Crippen LogP contribution in [0.3, 0.4) is 0 Å². The van der Waals surface area contributed by atoms with Crippen molar-refractivity contribution >= 4 is 51.9 Å². The quantitative estimate of drug-likeness (QED) is 0.434. The number of carbonyl (C=O) groups excluding carboxylic acids is 2. The van der Waals surface area contributed by atoms with E-state index in [-0.39, 0.29) is 48.3 Å². The Morgan fingerprint density at radius 3 is 2.67 bits per heavy atom. The minimum absolute atomic E-state index is 0. The fourth-order valence-electron chi connectivity index (χ4n) is 2.25. The van der Waals surface area contributed by atoms with Gasteiger partial charge in [0.15, 0.2) is 0 Å². The molecule has 1 fully saturated rings. The SMILES string of the molecule is COC[C@@H]1C=C(C(N)=O)[C@@H]2CN1C(=O)N2OS(=O)(=O)O.[Na]. The van der Waals surface area contributed by atoms with Crippen molar-refractivity contribution in [2.75, 3.05) is 20.3 Å². The molecule has 0 aliphatic carbocycles. The summed E-state index contributed by atoms with van der Waals surface area (Å²) in [5.41, 5.74) is 5.24. The molecular weight excluding hydrogens is 317 g/mol. The van der Waals surface area contributed by atoms with Gasteiger partial charge in [-0.05, 0) is 6.08 Å². The zero-order valence-corrected chi connectivity index (χ0v) is 14.2. The molecule has 1 saturated heterocycles. The van der Waals surface area contributed by atoms with Crippen LogP contribution in [-0.4, -0.2) is 96.8 Å². The van der Waals surface area contributed by atoms with Gasteiger partial charge < -0.3 is 15.4 Å². The van der Waals surface area contributed by atoms with Gasteiger partial charge in [-0.15, -0.1) is 4.28 Å². The average Bonchev–Trinajstić information content (AvgIpc) is 2.57. The molecule has 12 heteroatoms. The Hall–Kier alpha value is -0.690. The minimum Gasteiger partial charge on any atom is -0.382 e. The molecule has 0 aromatic rings. The maximum atomic E-state index is 12.0. The smallest absolute Gasteiger partial charge is 0.382 e. The van der Waals surface area contributed by atoms with E-state index in [1.165, 1.54) is 18.1 Å². The summed E-state index contributed by atoms with van der Waals surface area (Å²) >= 11 is 0. The maximum Gasteiger partial charge on any atom is 0.418 e. The minimum atomic E-state index is -4.89. The second-order valence-electron chi connectivity index (χ2n) is 4.29. The Morgan fingerprint density at radius 2 is 2.19 bits per heavy atom. The number of ether oxygens (including phenoxy) is 1. The topological polar surface area (TPSA) is 139 Å². The predicted octanol–water partition coefficient (Wildman–Crippen LogP) is -2.11. The van der Waals surface area contributed by atoms with Crippen LogP contribution in [0.4, 0.5) is 4.79 Å². The van der Waals surface area contributed by atoms with Crippen LogP contribution in [0.1, 0.15) is 0 Å². The first-order valence-corrected chi connectivity index (χ1v) is 6.88. The molecule has 10 nitrogen and oxygen atoms in total.